The Balaban J connectivity index is 1.03. The first-order valence-corrected chi connectivity index (χ1v) is 16.2. The van der Waals surface area contributed by atoms with Crippen LogP contribution in [0, 0.1) is 5.82 Å². The molecule has 8 rings (SSSR count). The molecule has 270 valence electrons. The normalized spacial score (nSPS) is 25.7. The van der Waals surface area contributed by atoms with E-state index in [1.54, 1.807) is 18.3 Å². The SMILES string of the molecule is O=C1N[C@]2(C[C@@H](F)c3cc(-c4cnn(C5CN(C6COC6)C5)c4)ccc32)C(=O)N1CC(=O)N(Cc1ccc(F)cn1)C1(C(F)(F)F)CC(F)(F)C1. The van der Waals surface area contributed by atoms with Crippen molar-refractivity contribution >= 4 is 17.8 Å². The number of pyridine rings is 1. The Labute approximate surface area is 285 Å². The summed E-state index contributed by atoms with van der Waals surface area (Å²) in [5.41, 5.74) is -4.02. The number of hydrogen-bond acceptors (Lipinski definition) is 7. The van der Waals surface area contributed by atoms with Crippen molar-refractivity contribution in [3.8, 4) is 11.1 Å². The molecule has 3 aromatic rings. The van der Waals surface area contributed by atoms with E-state index in [1.165, 1.54) is 6.07 Å². The summed E-state index contributed by atoms with van der Waals surface area (Å²) in [6.07, 6.45) is -6.95. The van der Waals surface area contributed by atoms with Crippen molar-refractivity contribution in [2.24, 2.45) is 0 Å². The number of ether oxygens (including phenoxy) is 1. The lowest BCUT2D eigenvalue weighted by Gasteiger charge is -2.54. The average Bonchev–Trinajstić information content (AvgIpc) is 3.66. The van der Waals surface area contributed by atoms with Gasteiger partial charge in [0.15, 0.2) is 0 Å². The van der Waals surface area contributed by atoms with E-state index < -0.39 is 85.4 Å². The van der Waals surface area contributed by atoms with Crippen LogP contribution in [0.1, 0.15) is 48.3 Å². The molecule has 2 aliphatic carbocycles. The van der Waals surface area contributed by atoms with Gasteiger partial charge in [0.1, 0.15) is 29.6 Å². The number of halogens is 7. The maximum Gasteiger partial charge on any atom is 0.412 e. The molecule has 2 atom stereocenters. The topological polar surface area (TPSA) is 113 Å². The molecular weight excluding hydrogens is 691 g/mol. The van der Waals surface area contributed by atoms with Crippen LogP contribution in [0.4, 0.5) is 35.5 Å². The lowest BCUT2D eigenvalue weighted by molar-refractivity contribution is -0.308. The van der Waals surface area contributed by atoms with E-state index in [0.29, 0.717) is 41.5 Å². The van der Waals surface area contributed by atoms with Gasteiger partial charge in [-0.15, -0.1) is 0 Å². The van der Waals surface area contributed by atoms with Crippen molar-refractivity contribution in [3.05, 3.63) is 71.6 Å². The van der Waals surface area contributed by atoms with Gasteiger partial charge in [-0.1, -0.05) is 12.1 Å². The first kappa shape index (κ1) is 33.6. The second kappa shape index (κ2) is 11.5. The van der Waals surface area contributed by atoms with Gasteiger partial charge in [-0.2, -0.15) is 18.3 Å². The molecule has 1 N–H and O–H groups in total. The Hall–Kier alpha value is -4.58. The third kappa shape index (κ3) is 5.36. The number of urea groups is 1. The first-order valence-electron chi connectivity index (χ1n) is 16.2. The molecule has 4 amide bonds. The van der Waals surface area contributed by atoms with Gasteiger partial charge >= 0.3 is 12.2 Å². The van der Waals surface area contributed by atoms with Crippen LogP contribution in [0.25, 0.3) is 11.1 Å². The van der Waals surface area contributed by atoms with Crippen molar-refractivity contribution in [2.75, 3.05) is 32.8 Å². The van der Waals surface area contributed by atoms with Gasteiger partial charge in [0, 0.05) is 44.1 Å². The second-order valence-corrected chi connectivity index (χ2v) is 13.9. The number of amides is 4. The molecule has 1 aromatic carbocycles. The van der Waals surface area contributed by atoms with Crippen LogP contribution in [0.2, 0.25) is 0 Å². The van der Waals surface area contributed by atoms with Crippen LogP contribution < -0.4 is 5.32 Å². The molecular formula is C33H30F7N7O4. The molecule has 0 radical (unpaired) electrons. The molecule has 3 aliphatic heterocycles. The Morgan fingerprint density at radius 1 is 1.04 bits per heavy atom. The first-order chi connectivity index (χ1) is 24.1. The number of alkyl halides is 6. The highest BCUT2D eigenvalue weighted by molar-refractivity contribution is 6.10. The Kier molecular flexibility index (Phi) is 7.54. The van der Waals surface area contributed by atoms with Crippen LogP contribution in [-0.4, -0.2) is 104 Å². The maximum atomic E-state index is 15.7. The summed E-state index contributed by atoms with van der Waals surface area (Å²) < 4.78 is 108. The summed E-state index contributed by atoms with van der Waals surface area (Å²) in [5, 5.41) is 6.91. The number of imide groups is 1. The molecule has 0 unspecified atom stereocenters. The minimum atomic E-state index is -5.34. The van der Waals surface area contributed by atoms with E-state index in [4.69, 9.17) is 4.74 Å². The van der Waals surface area contributed by atoms with Crippen LogP contribution in [-0.2, 0) is 26.4 Å². The molecule has 51 heavy (non-hydrogen) atoms. The Morgan fingerprint density at radius 2 is 1.78 bits per heavy atom. The summed E-state index contributed by atoms with van der Waals surface area (Å²) in [6.45, 7) is 0.839. The number of nitrogens with zero attached hydrogens (tertiary/aromatic N) is 6. The third-order valence-corrected chi connectivity index (χ3v) is 10.7. The highest BCUT2D eigenvalue weighted by atomic mass is 19.4. The van der Waals surface area contributed by atoms with Gasteiger partial charge in [0.25, 0.3) is 11.8 Å². The number of carbonyl (C=O) groups is 3. The summed E-state index contributed by atoms with van der Waals surface area (Å²) in [5.74, 6) is -7.13. The van der Waals surface area contributed by atoms with Gasteiger partial charge in [-0.05, 0) is 34.9 Å². The van der Waals surface area contributed by atoms with Gasteiger partial charge in [0.05, 0.1) is 49.9 Å². The molecule has 1 spiro atoms. The van der Waals surface area contributed by atoms with Crippen molar-refractivity contribution in [1.82, 2.24) is 34.8 Å². The molecule has 11 nitrogen and oxygen atoms in total. The van der Waals surface area contributed by atoms with Crippen molar-refractivity contribution in [3.63, 3.8) is 0 Å². The predicted molar refractivity (Wildman–Crippen MR) is 161 cm³/mol. The van der Waals surface area contributed by atoms with Crippen LogP contribution in [0.15, 0.2) is 48.9 Å². The highest BCUT2D eigenvalue weighted by Gasteiger charge is 2.73. The lowest BCUT2D eigenvalue weighted by atomic mass is 9.71. The monoisotopic (exact) mass is 721 g/mol. The van der Waals surface area contributed by atoms with Crippen molar-refractivity contribution in [1.29, 1.82) is 0 Å². The number of fused-ring (bicyclic) bond motifs is 2. The second-order valence-electron chi connectivity index (χ2n) is 13.9. The molecule has 0 bridgehead atoms. The zero-order chi connectivity index (χ0) is 36.1. The van der Waals surface area contributed by atoms with Gasteiger partial charge < -0.3 is 15.0 Å². The largest absolute Gasteiger partial charge is 0.412 e. The quantitative estimate of drug-likeness (QED) is 0.274. The molecule has 5 heterocycles. The Morgan fingerprint density at radius 3 is 2.41 bits per heavy atom. The number of benzene rings is 1. The average molecular weight is 722 g/mol. The fourth-order valence-corrected chi connectivity index (χ4v) is 7.75. The summed E-state index contributed by atoms with van der Waals surface area (Å²) in [7, 11) is 0. The number of carbonyl (C=O) groups excluding carboxylic acids is 3. The summed E-state index contributed by atoms with van der Waals surface area (Å²) >= 11 is 0. The van der Waals surface area contributed by atoms with Crippen LogP contribution in [0.3, 0.4) is 0 Å². The summed E-state index contributed by atoms with van der Waals surface area (Å²) in [6, 6.07) is 5.94. The Bertz CT molecular complexity index is 1900. The minimum absolute atomic E-state index is 0.110. The third-order valence-electron chi connectivity index (χ3n) is 10.7. The van der Waals surface area contributed by atoms with E-state index >= 15 is 4.39 Å². The summed E-state index contributed by atoms with van der Waals surface area (Å²) in [4.78, 5) is 47.2. The lowest BCUT2D eigenvalue weighted by Crippen LogP contribution is -2.71. The van der Waals surface area contributed by atoms with Crippen molar-refractivity contribution < 1.29 is 49.9 Å². The van der Waals surface area contributed by atoms with E-state index in [2.05, 4.69) is 20.3 Å². The molecule has 4 fully saturated rings. The number of hydrogen-bond donors (Lipinski definition) is 1. The minimum Gasteiger partial charge on any atom is -0.378 e. The van der Waals surface area contributed by atoms with Gasteiger partial charge in [-0.25, -0.2) is 22.4 Å². The number of likely N-dealkylation sites (tertiary alicyclic amines) is 1. The molecule has 3 saturated heterocycles. The molecule has 5 aliphatic rings. The smallest absolute Gasteiger partial charge is 0.378 e. The van der Waals surface area contributed by atoms with Crippen LogP contribution >= 0.6 is 0 Å². The number of rotatable bonds is 8. The van der Waals surface area contributed by atoms with Crippen molar-refractivity contribution in [2.45, 2.75) is 67.2 Å². The van der Waals surface area contributed by atoms with E-state index in [0.717, 1.165) is 25.2 Å². The van der Waals surface area contributed by atoms with Crippen LogP contribution in [0.5, 0.6) is 0 Å². The fourth-order valence-electron chi connectivity index (χ4n) is 7.75. The van der Waals surface area contributed by atoms with Gasteiger partial charge in [0.2, 0.25) is 5.91 Å². The fraction of sp³-hybridized carbons (Fsp3) is 0.485. The highest BCUT2D eigenvalue weighted by Crippen LogP contribution is 2.57. The number of nitrogens with one attached hydrogen (secondary N) is 1. The molecule has 1 saturated carbocycles. The number of aromatic nitrogens is 3. The molecule has 2 aromatic heterocycles. The zero-order valence-electron chi connectivity index (χ0n) is 26.7. The van der Waals surface area contributed by atoms with E-state index in [-0.39, 0.29) is 27.8 Å². The molecule has 18 heteroatoms. The van der Waals surface area contributed by atoms with E-state index in [1.807, 2.05) is 10.9 Å². The maximum absolute atomic E-state index is 15.7. The standard InChI is InChI=1S/C33H30F7N7O4/c34-20-2-3-21(41-8-20)10-46(30(33(38,39)40)16-31(36,37)17-30)27(48)13-45-28(49)32(43-29(45)50)6-26(35)24-5-18(1-4-25(24)32)19-7-42-47(9-19)22-11-44(12-22)23-14-51-15-23/h1-5,7-9,22-23,26H,6,10-17H2,(H,43,50)/t26-,32+/m1/s1. The van der Waals surface area contributed by atoms with Gasteiger partial charge in [-0.3, -0.25) is 29.1 Å². The zero-order valence-corrected chi connectivity index (χ0v) is 26.7. The predicted octanol–water partition coefficient (Wildman–Crippen LogP) is 4.26. The van der Waals surface area contributed by atoms with E-state index in [9.17, 15) is 40.7 Å².